The molecular formula is C19H24N3O17P3-4. The topological polar surface area (TPSA) is 322 Å². The van der Waals surface area contributed by atoms with Gasteiger partial charge < -0.3 is 53.7 Å². The number of ether oxygens (including phenoxy) is 1. The van der Waals surface area contributed by atoms with Gasteiger partial charge in [0.25, 0.3) is 21.2 Å². The van der Waals surface area contributed by atoms with Crippen LogP contribution in [0, 0.1) is 11.8 Å². The number of aliphatic hydroxyl groups excluding tert-OH is 2. The zero-order valence-corrected chi connectivity index (χ0v) is 24.1. The lowest BCUT2D eigenvalue weighted by molar-refractivity contribution is -0.339. The maximum Gasteiger partial charge on any atom is 0.330 e. The molecule has 2 unspecified atom stereocenters. The van der Waals surface area contributed by atoms with Gasteiger partial charge in [0, 0.05) is 19.0 Å². The third-order valence-corrected chi connectivity index (χ3v) is 8.82. The summed E-state index contributed by atoms with van der Waals surface area (Å²) >= 11 is 0. The van der Waals surface area contributed by atoms with Crippen molar-refractivity contribution in [3.63, 3.8) is 0 Å². The highest BCUT2D eigenvalue weighted by Crippen LogP contribution is 2.60. The molecular weight excluding hydrogens is 635 g/mol. The number of aromatic amines is 1. The van der Waals surface area contributed by atoms with Gasteiger partial charge in [-0.3, -0.25) is 32.6 Å². The Kier molecular flexibility index (Phi) is 12.7. The van der Waals surface area contributed by atoms with Gasteiger partial charge in [-0.05, 0) is 19.8 Å². The molecule has 1 amide bonds. The van der Waals surface area contributed by atoms with E-state index in [1.54, 1.807) is 0 Å². The summed E-state index contributed by atoms with van der Waals surface area (Å²) in [4.78, 5) is 92.8. The van der Waals surface area contributed by atoms with E-state index in [-0.39, 0.29) is 30.2 Å². The molecule has 1 aromatic heterocycles. The van der Waals surface area contributed by atoms with Gasteiger partial charge in [-0.2, -0.15) is 0 Å². The van der Waals surface area contributed by atoms with E-state index in [9.17, 15) is 62.7 Å². The molecule has 0 bridgehead atoms. The van der Waals surface area contributed by atoms with E-state index in [4.69, 9.17) is 4.74 Å². The van der Waals surface area contributed by atoms with E-state index >= 15 is 0 Å². The molecule has 1 saturated heterocycles. The zero-order chi connectivity index (χ0) is 31.9. The van der Waals surface area contributed by atoms with E-state index in [0.717, 1.165) is 6.20 Å². The number of unbranched alkanes of at least 4 members (excludes halogenated alkanes) is 1. The van der Waals surface area contributed by atoms with E-state index in [1.807, 2.05) is 4.98 Å². The second kappa shape index (κ2) is 14.9. The molecule has 0 radical (unpaired) electrons. The van der Waals surface area contributed by atoms with Crippen LogP contribution in [0.5, 0.6) is 0 Å². The van der Waals surface area contributed by atoms with Gasteiger partial charge in [0.1, 0.15) is 29.7 Å². The normalized spacial score (nSPS) is 23.3. The second-order valence-corrected chi connectivity index (χ2v) is 12.8. The number of phosphoric acid groups is 3. The molecule has 1 aliphatic heterocycles. The number of ketones is 1. The van der Waals surface area contributed by atoms with Crippen molar-refractivity contribution < 1.29 is 71.0 Å². The molecule has 236 valence electrons. The lowest BCUT2D eigenvalue weighted by atomic mass is 10.1. The van der Waals surface area contributed by atoms with Gasteiger partial charge in [-0.1, -0.05) is 11.8 Å². The number of hydrogen-bond acceptors (Lipinski definition) is 17. The smallest absolute Gasteiger partial charge is 0.330 e. The first-order valence-corrected chi connectivity index (χ1v) is 16.0. The SMILES string of the molecule is CC(=O)CCCCC(=O)NCC#Cc1cn([C@@H]2O[C@H](COP(=O)([O-])OP(=O)([O-])OP(=O)([O-])[O-])[C@@H](O)[C@H]2O)c(=O)[nH]c1=O. The van der Waals surface area contributed by atoms with Crippen LogP contribution in [-0.2, 0) is 41.2 Å². The first kappa shape index (κ1) is 35.9. The fraction of sp³-hybridized carbons (Fsp3) is 0.579. The summed E-state index contributed by atoms with van der Waals surface area (Å²) in [5.74, 6) is 4.52. The molecule has 0 saturated carbocycles. The number of hydrogen-bond donors (Lipinski definition) is 4. The number of phosphoric ester groups is 1. The molecule has 42 heavy (non-hydrogen) atoms. The third kappa shape index (κ3) is 11.7. The fourth-order valence-electron chi connectivity index (χ4n) is 3.34. The minimum atomic E-state index is -6.25. The highest BCUT2D eigenvalue weighted by atomic mass is 31.3. The largest absolute Gasteiger partial charge is 0.790 e. The van der Waals surface area contributed by atoms with E-state index < -0.39 is 65.9 Å². The van der Waals surface area contributed by atoms with Crippen LogP contribution in [0.1, 0.15) is 44.4 Å². The van der Waals surface area contributed by atoms with Gasteiger partial charge in [0.05, 0.1) is 21.0 Å². The number of rotatable bonds is 14. The first-order chi connectivity index (χ1) is 19.3. The maximum absolute atomic E-state index is 12.3. The molecule has 6 atom stereocenters. The molecule has 2 heterocycles. The minimum Gasteiger partial charge on any atom is -0.790 e. The standard InChI is InChI=1S/C19H28N3O17P3/c1-11(23)5-2-3-7-14(24)20-8-4-6-12-9-22(19(28)21-17(12)27)18-16(26)15(25)13(37-18)10-36-41(32,33)39-42(34,35)38-40(29,30)31/h9,13,15-16,18,25-26H,2-3,5,7-8,10H2,1H3,(H,20,24)(H,32,33)(H,34,35)(H,21,27,28)(H2,29,30,31)/p-4/t13-,15-,16-,18-/m1/s1. The zero-order valence-electron chi connectivity index (χ0n) is 21.4. The van der Waals surface area contributed by atoms with Crippen LogP contribution in [0.2, 0.25) is 0 Å². The van der Waals surface area contributed by atoms with Gasteiger partial charge in [0.15, 0.2) is 6.23 Å². The lowest BCUT2D eigenvalue weighted by Crippen LogP contribution is -2.38. The molecule has 0 spiro atoms. The van der Waals surface area contributed by atoms with Crippen molar-refractivity contribution in [2.45, 2.75) is 57.1 Å². The molecule has 20 nitrogen and oxygen atoms in total. The predicted molar refractivity (Wildman–Crippen MR) is 127 cm³/mol. The van der Waals surface area contributed by atoms with E-state index in [0.29, 0.717) is 23.8 Å². The van der Waals surface area contributed by atoms with Crippen LogP contribution in [0.15, 0.2) is 15.8 Å². The Hall–Kier alpha value is -2.33. The van der Waals surface area contributed by atoms with Crippen LogP contribution in [-0.4, -0.2) is 62.9 Å². The van der Waals surface area contributed by atoms with Crippen LogP contribution < -0.4 is 36.1 Å². The number of H-pyrrole nitrogens is 1. The Morgan fingerprint density at radius 1 is 1.07 bits per heavy atom. The van der Waals surface area contributed by atoms with Crippen LogP contribution >= 0.6 is 23.5 Å². The van der Waals surface area contributed by atoms with Crippen LogP contribution in [0.25, 0.3) is 0 Å². The number of nitrogens with zero attached hydrogens (tertiary/aromatic N) is 1. The molecule has 2 rings (SSSR count). The summed E-state index contributed by atoms with van der Waals surface area (Å²) in [7, 11) is -18.4. The van der Waals surface area contributed by atoms with Gasteiger partial charge >= 0.3 is 5.69 Å². The molecule has 1 aliphatic rings. The Balaban J connectivity index is 2.05. The van der Waals surface area contributed by atoms with Crippen molar-refractivity contribution in [3.05, 3.63) is 32.6 Å². The van der Waals surface area contributed by atoms with E-state index in [2.05, 4.69) is 30.3 Å². The van der Waals surface area contributed by atoms with Gasteiger partial charge in [0.2, 0.25) is 5.91 Å². The third-order valence-electron chi connectivity index (χ3n) is 5.16. The number of nitrogens with one attached hydrogen (secondary N) is 2. The number of Topliss-reactive ketones (excluding diaryl/α,β-unsaturated/α-hetero) is 1. The van der Waals surface area contributed by atoms with Crippen LogP contribution in [0.4, 0.5) is 0 Å². The molecule has 23 heteroatoms. The predicted octanol–water partition coefficient (Wildman–Crippen LogP) is -4.41. The minimum absolute atomic E-state index is 0.00267. The van der Waals surface area contributed by atoms with Crippen molar-refractivity contribution in [1.29, 1.82) is 0 Å². The number of amides is 1. The Labute approximate surface area is 236 Å². The summed E-state index contributed by atoms with van der Waals surface area (Å²) in [6.45, 7) is -0.00294. The monoisotopic (exact) mass is 659 g/mol. The molecule has 1 aromatic rings. The molecule has 4 N–H and O–H groups in total. The quantitative estimate of drug-likeness (QED) is 0.0832. The molecule has 1 fully saturated rings. The Bertz CT molecular complexity index is 1470. The average Bonchev–Trinajstić information content (AvgIpc) is 3.10. The van der Waals surface area contributed by atoms with Crippen molar-refractivity contribution >= 4 is 35.2 Å². The summed E-state index contributed by atoms with van der Waals surface area (Å²) in [5.41, 5.74) is -2.45. The fourth-order valence-corrected chi connectivity index (χ4v) is 6.20. The Morgan fingerprint density at radius 2 is 1.71 bits per heavy atom. The average molecular weight is 659 g/mol. The summed E-state index contributed by atoms with van der Waals surface area (Å²) in [6.07, 6.45) is -5.09. The first-order valence-electron chi connectivity index (χ1n) is 11.6. The lowest BCUT2D eigenvalue weighted by Gasteiger charge is -2.37. The number of aliphatic hydroxyl groups is 2. The second-order valence-electron chi connectivity index (χ2n) is 8.54. The molecule has 0 aromatic carbocycles. The number of aromatic nitrogens is 2. The maximum atomic E-state index is 12.3. The van der Waals surface area contributed by atoms with Crippen molar-refractivity contribution in [1.82, 2.24) is 14.9 Å². The van der Waals surface area contributed by atoms with Gasteiger partial charge in [-0.15, -0.1) is 0 Å². The molecule has 0 aliphatic carbocycles. The van der Waals surface area contributed by atoms with Crippen molar-refractivity contribution in [2.24, 2.45) is 0 Å². The summed E-state index contributed by atoms with van der Waals surface area (Å²) < 4.78 is 49.7. The highest BCUT2D eigenvalue weighted by molar-refractivity contribution is 7.64. The van der Waals surface area contributed by atoms with E-state index in [1.165, 1.54) is 6.92 Å². The van der Waals surface area contributed by atoms with Crippen molar-refractivity contribution in [3.8, 4) is 11.8 Å². The summed E-state index contributed by atoms with van der Waals surface area (Å²) in [5, 5.41) is 23.0. The number of carbonyl (C=O) groups excluding carboxylic acids is 2. The number of carbonyl (C=O) groups is 2. The van der Waals surface area contributed by atoms with Gasteiger partial charge in [-0.25, -0.2) is 9.11 Å². The van der Waals surface area contributed by atoms with Crippen LogP contribution in [0.3, 0.4) is 0 Å². The Morgan fingerprint density at radius 3 is 2.33 bits per heavy atom. The summed E-state index contributed by atoms with van der Waals surface area (Å²) in [6, 6.07) is 0. The highest BCUT2D eigenvalue weighted by Gasteiger charge is 2.45. The van der Waals surface area contributed by atoms with Crippen molar-refractivity contribution in [2.75, 3.05) is 13.2 Å².